The number of anilines is 1. The van der Waals surface area contributed by atoms with E-state index < -0.39 is 0 Å². The summed E-state index contributed by atoms with van der Waals surface area (Å²) in [5.74, 6) is 0.281. The summed E-state index contributed by atoms with van der Waals surface area (Å²) in [7, 11) is 1.93. The second-order valence-electron chi connectivity index (χ2n) is 3.78. The van der Waals surface area contributed by atoms with Crippen LogP contribution < -0.4 is 5.32 Å². The number of aryl methyl sites for hydroxylation is 1. The number of phenols is 1. The van der Waals surface area contributed by atoms with E-state index in [-0.39, 0.29) is 5.75 Å². The molecule has 0 aliphatic rings. The largest absolute Gasteiger partial charge is 0.508 e. The van der Waals surface area contributed by atoms with E-state index in [2.05, 4.69) is 10.4 Å². The van der Waals surface area contributed by atoms with Crippen molar-refractivity contribution in [3.63, 3.8) is 0 Å². The first-order valence-electron chi connectivity index (χ1n) is 5.17. The van der Waals surface area contributed by atoms with Crippen molar-refractivity contribution in [1.82, 2.24) is 9.78 Å². The fraction of sp³-hybridized carbons (Fsp3) is 0.250. The summed E-state index contributed by atoms with van der Waals surface area (Å²) in [5, 5.41) is 16.6. The molecule has 0 radical (unpaired) electrons. The van der Waals surface area contributed by atoms with Gasteiger partial charge in [-0.15, -0.1) is 0 Å². The molecule has 0 unspecified atom stereocenters. The van der Waals surface area contributed by atoms with Crippen molar-refractivity contribution in [3.05, 3.63) is 41.7 Å². The van der Waals surface area contributed by atoms with Crippen LogP contribution in [0.25, 0.3) is 0 Å². The highest BCUT2D eigenvalue weighted by Crippen LogP contribution is 2.15. The van der Waals surface area contributed by atoms with Crippen LogP contribution in [0.3, 0.4) is 0 Å². The Morgan fingerprint density at radius 1 is 1.31 bits per heavy atom. The summed E-state index contributed by atoms with van der Waals surface area (Å²) in [6, 6.07) is 7.03. The number of hydrogen-bond donors (Lipinski definition) is 2. The molecule has 2 N–H and O–H groups in total. The number of aromatic hydroxyl groups is 1. The minimum absolute atomic E-state index is 0.281. The quantitative estimate of drug-likeness (QED) is 0.773. The summed E-state index contributed by atoms with van der Waals surface area (Å²) >= 11 is 0. The fourth-order valence-electron chi connectivity index (χ4n) is 1.49. The maximum atomic E-state index is 9.15. The zero-order valence-electron chi connectivity index (χ0n) is 9.44. The molecule has 0 aliphatic heterocycles. The van der Waals surface area contributed by atoms with Gasteiger partial charge in [0, 0.05) is 30.5 Å². The number of benzene rings is 1. The summed E-state index contributed by atoms with van der Waals surface area (Å²) < 4.78 is 1.85. The summed E-state index contributed by atoms with van der Waals surface area (Å²) in [6.07, 6.45) is 1.86. The van der Waals surface area contributed by atoms with Gasteiger partial charge >= 0.3 is 0 Å². The lowest BCUT2D eigenvalue weighted by Gasteiger charge is -2.05. The molecular weight excluding hydrogens is 202 g/mol. The third-order valence-electron chi connectivity index (χ3n) is 2.69. The molecule has 0 saturated heterocycles. The number of hydrogen-bond acceptors (Lipinski definition) is 3. The van der Waals surface area contributed by atoms with Crippen LogP contribution in [0, 0.1) is 6.92 Å². The van der Waals surface area contributed by atoms with Crippen LogP contribution in [0.2, 0.25) is 0 Å². The maximum Gasteiger partial charge on any atom is 0.115 e. The van der Waals surface area contributed by atoms with Crippen LogP contribution in [-0.2, 0) is 13.6 Å². The van der Waals surface area contributed by atoms with Crippen molar-refractivity contribution in [2.45, 2.75) is 13.5 Å². The average molecular weight is 217 g/mol. The van der Waals surface area contributed by atoms with Gasteiger partial charge in [-0.05, 0) is 31.2 Å². The molecule has 4 nitrogen and oxygen atoms in total. The van der Waals surface area contributed by atoms with E-state index in [4.69, 9.17) is 5.11 Å². The van der Waals surface area contributed by atoms with E-state index in [1.165, 1.54) is 5.56 Å². The lowest BCUT2D eigenvalue weighted by molar-refractivity contribution is 0.475. The third-order valence-corrected chi connectivity index (χ3v) is 2.69. The van der Waals surface area contributed by atoms with Crippen molar-refractivity contribution in [1.29, 1.82) is 0 Å². The molecule has 84 valence electrons. The maximum absolute atomic E-state index is 9.15. The second-order valence-corrected chi connectivity index (χ2v) is 3.78. The molecule has 2 aromatic rings. The molecule has 1 aromatic carbocycles. The predicted molar refractivity (Wildman–Crippen MR) is 63.4 cm³/mol. The molecule has 0 saturated carbocycles. The van der Waals surface area contributed by atoms with Crippen molar-refractivity contribution in [2.24, 2.45) is 7.05 Å². The van der Waals surface area contributed by atoms with Crippen LogP contribution in [0.5, 0.6) is 5.75 Å². The van der Waals surface area contributed by atoms with Gasteiger partial charge in [0.05, 0.1) is 6.20 Å². The Balaban J connectivity index is 2.02. The Morgan fingerprint density at radius 2 is 2.00 bits per heavy atom. The molecule has 0 fully saturated rings. The first-order valence-corrected chi connectivity index (χ1v) is 5.17. The molecule has 0 amide bonds. The van der Waals surface area contributed by atoms with Gasteiger partial charge in [0.25, 0.3) is 0 Å². The molecule has 2 rings (SSSR count). The van der Waals surface area contributed by atoms with E-state index in [1.807, 2.05) is 37.0 Å². The van der Waals surface area contributed by atoms with Crippen LogP contribution in [0.15, 0.2) is 30.5 Å². The summed E-state index contributed by atoms with van der Waals surface area (Å²) in [5.41, 5.74) is 3.32. The second kappa shape index (κ2) is 4.26. The summed E-state index contributed by atoms with van der Waals surface area (Å²) in [4.78, 5) is 0. The predicted octanol–water partition coefficient (Wildman–Crippen LogP) is 2.05. The molecule has 16 heavy (non-hydrogen) atoms. The molecule has 0 spiro atoms. The lowest BCUT2D eigenvalue weighted by Crippen LogP contribution is -2.01. The van der Waals surface area contributed by atoms with Crippen LogP contribution in [-0.4, -0.2) is 14.9 Å². The highest BCUT2D eigenvalue weighted by molar-refractivity contribution is 5.46. The van der Waals surface area contributed by atoms with Gasteiger partial charge in [0.1, 0.15) is 5.75 Å². The highest BCUT2D eigenvalue weighted by atomic mass is 16.3. The number of aromatic nitrogens is 2. The Kier molecular flexibility index (Phi) is 2.81. The van der Waals surface area contributed by atoms with E-state index in [0.29, 0.717) is 0 Å². The highest BCUT2D eigenvalue weighted by Gasteiger charge is 2.02. The first-order chi connectivity index (χ1) is 7.66. The van der Waals surface area contributed by atoms with Crippen molar-refractivity contribution >= 4 is 5.69 Å². The normalized spacial score (nSPS) is 10.4. The number of nitrogens with zero attached hydrogens (tertiary/aromatic N) is 2. The molecule has 0 aliphatic carbocycles. The van der Waals surface area contributed by atoms with Gasteiger partial charge < -0.3 is 10.4 Å². The zero-order valence-corrected chi connectivity index (χ0v) is 9.44. The molecule has 0 atom stereocenters. The Morgan fingerprint density at radius 3 is 2.56 bits per heavy atom. The van der Waals surface area contributed by atoms with Crippen LogP contribution in [0.1, 0.15) is 11.3 Å². The topological polar surface area (TPSA) is 50.1 Å². The summed E-state index contributed by atoms with van der Waals surface area (Å²) in [6.45, 7) is 2.78. The van der Waals surface area contributed by atoms with Crippen molar-refractivity contribution in [3.8, 4) is 5.75 Å². The Bertz CT molecular complexity index is 474. The van der Waals surface area contributed by atoms with E-state index in [9.17, 15) is 0 Å². The zero-order chi connectivity index (χ0) is 11.5. The monoisotopic (exact) mass is 217 g/mol. The molecule has 1 heterocycles. The van der Waals surface area contributed by atoms with Crippen molar-refractivity contribution < 1.29 is 5.11 Å². The average Bonchev–Trinajstić information content (AvgIpc) is 2.60. The number of nitrogens with one attached hydrogen (secondary N) is 1. The van der Waals surface area contributed by atoms with Crippen LogP contribution in [0.4, 0.5) is 5.69 Å². The molecule has 1 aromatic heterocycles. The van der Waals surface area contributed by atoms with E-state index in [1.54, 1.807) is 12.1 Å². The van der Waals surface area contributed by atoms with Crippen LogP contribution >= 0.6 is 0 Å². The standard InChI is InChI=1S/C12H15N3O/c1-9-10(8-14-15(9)2)7-13-11-3-5-12(16)6-4-11/h3-6,8,13,16H,7H2,1-2H3. The van der Waals surface area contributed by atoms with E-state index in [0.717, 1.165) is 17.9 Å². The van der Waals surface area contributed by atoms with Gasteiger partial charge in [-0.2, -0.15) is 5.10 Å². The van der Waals surface area contributed by atoms with Gasteiger partial charge in [0.15, 0.2) is 0 Å². The van der Waals surface area contributed by atoms with Gasteiger partial charge in [-0.25, -0.2) is 0 Å². The van der Waals surface area contributed by atoms with E-state index >= 15 is 0 Å². The smallest absolute Gasteiger partial charge is 0.115 e. The van der Waals surface area contributed by atoms with Gasteiger partial charge in [0.2, 0.25) is 0 Å². The molecular formula is C12H15N3O. The SMILES string of the molecule is Cc1c(CNc2ccc(O)cc2)cnn1C. The Labute approximate surface area is 94.5 Å². The number of phenolic OH excluding ortho intramolecular Hbond substituents is 1. The fourth-order valence-corrected chi connectivity index (χ4v) is 1.49. The van der Waals surface area contributed by atoms with Gasteiger partial charge in [-0.3, -0.25) is 4.68 Å². The minimum atomic E-state index is 0.281. The molecule has 4 heteroatoms. The van der Waals surface area contributed by atoms with Crippen molar-refractivity contribution in [2.75, 3.05) is 5.32 Å². The van der Waals surface area contributed by atoms with Gasteiger partial charge in [-0.1, -0.05) is 0 Å². The third kappa shape index (κ3) is 2.16. The minimum Gasteiger partial charge on any atom is -0.508 e. The lowest BCUT2D eigenvalue weighted by atomic mass is 10.2. The molecule has 0 bridgehead atoms. The number of rotatable bonds is 3. The first kappa shape index (κ1) is 10.5. The Hall–Kier alpha value is -1.97.